The summed E-state index contributed by atoms with van der Waals surface area (Å²) in [5.41, 5.74) is 4.50. The van der Waals surface area contributed by atoms with Crippen molar-refractivity contribution < 1.29 is 19.4 Å². The Bertz CT molecular complexity index is 1100. The second-order valence-corrected chi connectivity index (χ2v) is 7.75. The van der Waals surface area contributed by atoms with Crippen LogP contribution in [0.1, 0.15) is 54.1 Å². The average molecular weight is 434 g/mol. The maximum absolute atomic E-state index is 11.6. The zero-order chi connectivity index (χ0) is 23.3. The summed E-state index contributed by atoms with van der Waals surface area (Å²) in [5, 5.41) is 21.4. The summed E-state index contributed by atoms with van der Waals surface area (Å²) in [5.74, 6) is 0.450. The van der Waals surface area contributed by atoms with Gasteiger partial charge in [-0.25, -0.2) is 4.99 Å². The van der Waals surface area contributed by atoms with Crippen LogP contribution in [0.2, 0.25) is 0 Å². The van der Waals surface area contributed by atoms with Crippen molar-refractivity contribution in [3.8, 4) is 11.8 Å². The number of benzene rings is 2. The Labute approximate surface area is 188 Å². The quantitative estimate of drug-likeness (QED) is 0.514. The first-order valence-corrected chi connectivity index (χ1v) is 10.4. The fourth-order valence-electron chi connectivity index (χ4n) is 3.83. The second-order valence-electron chi connectivity index (χ2n) is 7.75. The van der Waals surface area contributed by atoms with Crippen LogP contribution in [0.4, 0.5) is 0 Å². The van der Waals surface area contributed by atoms with Gasteiger partial charge in [-0.2, -0.15) is 5.26 Å². The molecule has 7 heteroatoms. The van der Waals surface area contributed by atoms with Crippen LogP contribution in [-0.4, -0.2) is 36.7 Å². The van der Waals surface area contributed by atoms with E-state index < -0.39 is 12.5 Å². The summed E-state index contributed by atoms with van der Waals surface area (Å²) in [6.07, 6.45) is 1.46. The van der Waals surface area contributed by atoms with E-state index in [1.807, 2.05) is 32.0 Å². The molecule has 2 aromatic carbocycles. The van der Waals surface area contributed by atoms with Crippen molar-refractivity contribution in [1.29, 1.82) is 5.26 Å². The highest BCUT2D eigenvalue weighted by atomic mass is 16.5. The number of aliphatic hydroxyl groups is 1. The number of nitrogens with zero attached hydrogens (tertiary/aromatic N) is 2. The highest BCUT2D eigenvalue weighted by Gasteiger charge is 2.26. The number of carbonyl (C=O) groups excluding carboxylic acids is 1. The number of aliphatic hydroxyl groups excluding tert-OH is 1. The molecule has 166 valence electrons. The fourth-order valence-corrected chi connectivity index (χ4v) is 3.83. The number of methoxy groups -OCH3 is 1. The third-order valence-corrected chi connectivity index (χ3v) is 5.20. The monoisotopic (exact) mass is 433 g/mol. The highest BCUT2D eigenvalue weighted by molar-refractivity contribution is 5.98. The van der Waals surface area contributed by atoms with Crippen LogP contribution < -0.4 is 10.1 Å². The molecule has 1 aliphatic rings. The fraction of sp³-hybridized carbons (Fsp3) is 0.320. The molecular formula is C25H27N3O4. The standard InChI is InChI=1S/C25H27N3O4/c1-15(2)32-23-11-8-17(12-18(23)13-26)25(31-4)27-16(3)19-6-5-7-21-20(19)9-10-22(21)28-24(30)14-29/h5-8,11-12,15,22,29H,3,9-10,14H2,1-2,4H3,(H,28,30)/t22-/m0/s1. The van der Waals surface area contributed by atoms with Gasteiger partial charge in [-0.1, -0.05) is 24.8 Å². The van der Waals surface area contributed by atoms with E-state index in [1.54, 1.807) is 18.2 Å². The number of rotatable bonds is 7. The molecule has 1 atom stereocenters. The molecule has 1 amide bonds. The van der Waals surface area contributed by atoms with Crippen molar-refractivity contribution in [3.63, 3.8) is 0 Å². The van der Waals surface area contributed by atoms with E-state index in [-0.39, 0.29) is 12.1 Å². The van der Waals surface area contributed by atoms with Gasteiger partial charge in [-0.05, 0) is 56.0 Å². The second kappa shape index (κ2) is 10.1. The Balaban J connectivity index is 1.91. The lowest BCUT2D eigenvalue weighted by atomic mass is 10.0. The van der Waals surface area contributed by atoms with Crippen LogP contribution in [-0.2, 0) is 16.0 Å². The largest absolute Gasteiger partial charge is 0.490 e. The molecule has 2 aromatic rings. The van der Waals surface area contributed by atoms with Gasteiger partial charge in [0.25, 0.3) is 0 Å². The van der Waals surface area contributed by atoms with Crippen LogP contribution in [0.25, 0.3) is 5.70 Å². The molecule has 0 heterocycles. The van der Waals surface area contributed by atoms with Crippen LogP contribution in [0, 0.1) is 11.3 Å². The van der Waals surface area contributed by atoms with Crippen LogP contribution in [0.15, 0.2) is 48.0 Å². The van der Waals surface area contributed by atoms with E-state index in [1.165, 1.54) is 7.11 Å². The summed E-state index contributed by atoms with van der Waals surface area (Å²) in [7, 11) is 1.52. The molecule has 0 saturated carbocycles. The van der Waals surface area contributed by atoms with Crippen LogP contribution in [0.5, 0.6) is 5.75 Å². The molecule has 0 aliphatic heterocycles. The number of aliphatic imine (C=N–C) groups is 1. The van der Waals surface area contributed by atoms with Gasteiger partial charge in [0.15, 0.2) is 0 Å². The first kappa shape index (κ1) is 23.0. The number of carbonyl (C=O) groups is 1. The highest BCUT2D eigenvalue weighted by Crippen LogP contribution is 2.36. The van der Waals surface area contributed by atoms with E-state index in [9.17, 15) is 10.1 Å². The van der Waals surface area contributed by atoms with Gasteiger partial charge in [0.05, 0.1) is 30.5 Å². The van der Waals surface area contributed by atoms with Crippen molar-refractivity contribution in [2.75, 3.05) is 13.7 Å². The molecule has 0 spiro atoms. The van der Waals surface area contributed by atoms with E-state index in [4.69, 9.17) is 14.6 Å². The number of amides is 1. The summed E-state index contributed by atoms with van der Waals surface area (Å²) in [6, 6.07) is 13.0. The minimum Gasteiger partial charge on any atom is -0.490 e. The number of hydrogen-bond donors (Lipinski definition) is 2. The van der Waals surface area contributed by atoms with E-state index >= 15 is 0 Å². The summed E-state index contributed by atoms with van der Waals surface area (Å²) in [4.78, 5) is 16.2. The normalized spacial score (nSPS) is 15.1. The molecular weight excluding hydrogens is 406 g/mol. The molecule has 7 nitrogen and oxygen atoms in total. The molecule has 0 saturated heterocycles. The topological polar surface area (TPSA) is 104 Å². The van der Waals surface area contributed by atoms with Gasteiger partial charge in [0.1, 0.15) is 18.4 Å². The lowest BCUT2D eigenvalue weighted by Gasteiger charge is -2.15. The smallest absolute Gasteiger partial charge is 0.246 e. The number of nitriles is 1. The third kappa shape index (κ3) is 4.98. The minimum absolute atomic E-state index is 0.0468. The lowest BCUT2D eigenvalue weighted by Crippen LogP contribution is -2.29. The molecule has 0 bridgehead atoms. The lowest BCUT2D eigenvalue weighted by molar-refractivity contribution is -0.124. The number of hydrogen-bond acceptors (Lipinski definition) is 6. The zero-order valence-corrected chi connectivity index (χ0v) is 18.5. The number of nitrogens with one attached hydrogen (secondary N) is 1. The van der Waals surface area contributed by atoms with Gasteiger partial charge >= 0.3 is 0 Å². The van der Waals surface area contributed by atoms with E-state index in [0.717, 1.165) is 29.5 Å². The Morgan fingerprint density at radius 3 is 2.81 bits per heavy atom. The maximum atomic E-state index is 11.6. The average Bonchev–Trinajstić information content (AvgIpc) is 3.19. The zero-order valence-electron chi connectivity index (χ0n) is 18.5. The van der Waals surface area contributed by atoms with Crippen molar-refractivity contribution in [3.05, 3.63) is 70.8 Å². The van der Waals surface area contributed by atoms with E-state index in [2.05, 4.69) is 23.0 Å². The first-order chi connectivity index (χ1) is 15.4. The van der Waals surface area contributed by atoms with Crippen molar-refractivity contribution >= 4 is 17.5 Å². The Morgan fingerprint density at radius 1 is 1.38 bits per heavy atom. The summed E-state index contributed by atoms with van der Waals surface area (Å²) < 4.78 is 11.2. The predicted octanol–water partition coefficient (Wildman–Crippen LogP) is 3.51. The molecule has 32 heavy (non-hydrogen) atoms. The summed E-state index contributed by atoms with van der Waals surface area (Å²) >= 11 is 0. The SMILES string of the molecule is C=C(N=C(OC)c1ccc(OC(C)C)c(C#N)c1)c1cccc2c1CC[C@@H]2NC(=O)CO. The van der Waals surface area contributed by atoms with Gasteiger partial charge in [-0.15, -0.1) is 0 Å². The molecule has 2 N–H and O–H groups in total. The Morgan fingerprint density at radius 2 is 2.16 bits per heavy atom. The van der Waals surface area contributed by atoms with Crippen LogP contribution >= 0.6 is 0 Å². The molecule has 3 rings (SSSR count). The van der Waals surface area contributed by atoms with Gasteiger partial charge in [0.2, 0.25) is 11.8 Å². The van der Waals surface area contributed by atoms with Crippen molar-refractivity contribution in [2.24, 2.45) is 4.99 Å². The summed E-state index contributed by atoms with van der Waals surface area (Å²) in [6.45, 7) is 7.40. The predicted molar refractivity (Wildman–Crippen MR) is 122 cm³/mol. The van der Waals surface area contributed by atoms with Gasteiger partial charge in [0, 0.05) is 11.1 Å². The maximum Gasteiger partial charge on any atom is 0.246 e. The molecule has 0 aromatic heterocycles. The molecule has 0 radical (unpaired) electrons. The number of fused-ring (bicyclic) bond motifs is 1. The van der Waals surface area contributed by atoms with Gasteiger partial charge in [-0.3, -0.25) is 4.79 Å². The third-order valence-electron chi connectivity index (χ3n) is 5.20. The minimum atomic E-state index is -0.536. The Kier molecular flexibility index (Phi) is 7.29. The Hall–Kier alpha value is -3.63. The molecule has 0 fully saturated rings. The van der Waals surface area contributed by atoms with E-state index in [0.29, 0.717) is 28.5 Å². The number of ether oxygens (including phenoxy) is 2. The van der Waals surface area contributed by atoms with Crippen molar-refractivity contribution in [2.45, 2.75) is 38.8 Å². The van der Waals surface area contributed by atoms with Gasteiger partial charge < -0.3 is 19.9 Å². The van der Waals surface area contributed by atoms with Crippen LogP contribution in [0.3, 0.4) is 0 Å². The van der Waals surface area contributed by atoms with Crippen molar-refractivity contribution in [1.82, 2.24) is 5.32 Å². The molecule has 0 unspecified atom stereocenters. The first-order valence-electron chi connectivity index (χ1n) is 10.4. The molecule has 1 aliphatic carbocycles.